The highest BCUT2D eigenvalue weighted by Crippen LogP contribution is 2.21. The Kier molecular flexibility index (Phi) is 3.44. The van der Waals surface area contributed by atoms with Crippen LogP contribution in [0.2, 0.25) is 5.02 Å². The number of nitrogens with one attached hydrogen (secondary N) is 1. The van der Waals surface area contributed by atoms with Gasteiger partial charge in [0.2, 0.25) is 0 Å². The van der Waals surface area contributed by atoms with E-state index in [4.69, 9.17) is 11.6 Å². The Morgan fingerprint density at radius 1 is 1.33 bits per heavy atom. The van der Waals surface area contributed by atoms with Gasteiger partial charge in [0.15, 0.2) is 5.82 Å². The molecule has 2 heterocycles. The van der Waals surface area contributed by atoms with Crippen LogP contribution in [0.15, 0.2) is 41.7 Å². The van der Waals surface area contributed by atoms with Gasteiger partial charge in [-0.2, -0.15) is 0 Å². The van der Waals surface area contributed by atoms with Crippen LogP contribution in [0, 0.1) is 5.82 Å². The molecule has 0 bridgehead atoms. The summed E-state index contributed by atoms with van der Waals surface area (Å²) >= 11 is 5.77. The highest BCUT2D eigenvalue weighted by molar-refractivity contribution is 7.92. The monoisotopic (exact) mass is 287 g/mol. The third-order valence-electron chi connectivity index (χ3n) is 1.98. The van der Waals surface area contributed by atoms with Crippen LogP contribution >= 0.6 is 11.6 Å². The first-order chi connectivity index (χ1) is 8.49. The third-order valence-corrected chi connectivity index (χ3v) is 3.59. The number of sulfonamides is 1. The summed E-state index contributed by atoms with van der Waals surface area (Å²) in [7, 11) is -3.96. The molecule has 5 nitrogen and oxygen atoms in total. The Morgan fingerprint density at radius 2 is 2.11 bits per heavy atom. The van der Waals surface area contributed by atoms with Gasteiger partial charge in [-0.05, 0) is 18.2 Å². The quantitative estimate of drug-likeness (QED) is 0.938. The van der Waals surface area contributed by atoms with Crippen LogP contribution in [-0.2, 0) is 10.0 Å². The predicted molar refractivity (Wildman–Crippen MR) is 64.3 cm³/mol. The molecule has 0 saturated heterocycles. The Hall–Kier alpha value is -1.73. The number of hydrogen-bond acceptors (Lipinski definition) is 4. The van der Waals surface area contributed by atoms with E-state index >= 15 is 0 Å². The molecule has 0 spiro atoms. The molecule has 2 rings (SSSR count). The van der Waals surface area contributed by atoms with Crippen molar-refractivity contribution in [3.05, 3.63) is 47.6 Å². The number of anilines is 1. The van der Waals surface area contributed by atoms with E-state index in [-0.39, 0.29) is 15.7 Å². The lowest BCUT2D eigenvalue weighted by molar-refractivity contribution is 0.592. The van der Waals surface area contributed by atoms with Crippen molar-refractivity contribution in [3.8, 4) is 0 Å². The maximum atomic E-state index is 12.9. The van der Waals surface area contributed by atoms with Crippen molar-refractivity contribution in [1.82, 2.24) is 9.97 Å². The van der Waals surface area contributed by atoms with E-state index in [1.54, 1.807) is 6.07 Å². The molecule has 2 aromatic heterocycles. The summed E-state index contributed by atoms with van der Waals surface area (Å²) in [6, 6.07) is 3.90. The van der Waals surface area contributed by atoms with Crippen molar-refractivity contribution in [2.75, 3.05) is 4.72 Å². The second kappa shape index (κ2) is 4.87. The summed E-state index contributed by atoms with van der Waals surface area (Å²) in [6.07, 6.45) is 3.32. The summed E-state index contributed by atoms with van der Waals surface area (Å²) in [4.78, 5) is 6.94. The van der Waals surface area contributed by atoms with Crippen LogP contribution < -0.4 is 4.72 Å². The molecule has 8 heteroatoms. The highest BCUT2D eigenvalue weighted by Gasteiger charge is 2.17. The zero-order valence-corrected chi connectivity index (χ0v) is 10.4. The second-order valence-corrected chi connectivity index (χ2v) is 5.37. The summed E-state index contributed by atoms with van der Waals surface area (Å²) in [5.41, 5.74) is 0. The average molecular weight is 288 g/mol. The van der Waals surface area contributed by atoms with E-state index in [9.17, 15) is 12.8 Å². The van der Waals surface area contributed by atoms with Crippen molar-refractivity contribution >= 4 is 27.4 Å². The van der Waals surface area contributed by atoms with Crippen LogP contribution in [0.25, 0.3) is 0 Å². The highest BCUT2D eigenvalue weighted by atomic mass is 35.5. The summed E-state index contributed by atoms with van der Waals surface area (Å²) in [5, 5.41) is 0.144. The SMILES string of the molecule is O=S(=O)(Nc1ncccc1Cl)c1cncc(F)c1. The molecule has 0 aliphatic heterocycles. The fraction of sp³-hybridized carbons (Fsp3) is 0. The van der Waals surface area contributed by atoms with Crippen molar-refractivity contribution in [3.63, 3.8) is 0 Å². The van der Waals surface area contributed by atoms with Crippen molar-refractivity contribution in [2.24, 2.45) is 0 Å². The molecule has 0 aromatic carbocycles. The molecule has 2 aromatic rings. The first-order valence-corrected chi connectivity index (χ1v) is 6.59. The normalized spacial score (nSPS) is 11.2. The minimum absolute atomic E-state index is 0.0246. The molecular weight excluding hydrogens is 281 g/mol. The minimum atomic E-state index is -3.96. The van der Waals surface area contributed by atoms with Gasteiger partial charge < -0.3 is 0 Å². The largest absolute Gasteiger partial charge is 0.264 e. The maximum Gasteiger partial charge on any atom is 0.264 e. The molecule has 0 fully saturated rings. The van der Waals surface area contributed by atoms with Crippen molar-refractivity contribution in [1.29, 1.82) is 0 Å². The summed E-state index contributed by atoms with van der Waals surface area (Å²) in [6.45, 7) is 0. The van der Waals surface area contributed by atoms with E-state index in [0.29, 0.717) is 0 Å². The fourth-order valence-corrected chi connectivity index (χ4v) is 2.41. The summed E-state index contributed by atoms with van der Waals surface area (Å²) in [5.74, 6) is -0.770. The molecule has 1 N–H and O–H groups in total. The summed E-state index contributed by atoms with van der Waals surface area (Å²) < 4.78 is 38.9. The molecule has 0 atom stereocenters. The van der Waals surface area contributed by atoms with Crippen molar-refractivity contribution < 1.29 is 12.8 Å². The molecule has 18 heavy (non-hydrogen) atoms. The van der Waals surface area contributed by atoms with Gasteiger partial charge in [0.1, 0.15) is 10.7 Å². The Morgan fingerprint density at radius 3 is 2.78 bits per heavy atom. The van der Waals surface area contributed by atoms with Gasteiger partial charge in [-0.15, -0.1) is 0 Å². The topological polar surface area (TPSA) is 72.0 Å². The van der Waals surface area contributed by atoms with Gasteiger partial charge in [0, 0.05) is 12.4 Å². The Balaban J connectivity index is 2.37. The van der Waals surface area contributed by atoms with Crippen LogP contribution in [0.3, 0.4) is 0 Å². The predicted octanol–water partition coefficient (Wildman–Crippen LogP) is 2.07. The van der Waals surface area contributed by atoms with E-state index in [1.807, 2.05) is 0 Å². The number of hydrogen-bond donors (Lipinski definition) is 1. The fourth-order valence-electron chi connectivity index (χ4n) is 1.19. The van der Waals surface area contributed by atoms with Crippen LogP contribution in [0.1, 0.15) is 0 Å². The maximum absolute atomic E-state index is 12.9. The standard InChI is InChI=1S/C10H7ClFN3O2S/c11-9-2-1-3-14-10(9)15-18(16,17)8-4-7(12)5-13-6-8/h1-6H,(H,14,15). The van der Waals surface area contributed by atoms with E-state index in [2.05, 4.69) is 14.7 Å². The lowest BCUT2D eigenvalue weighted by atomic mass is 10.5. The Labute approximate surface area is 108 Å². The molecule has 0 saturated carbocycles. The van der Waals surface area contributed by atoms with Crippen LogP contribution in [0.4, 0.5) is 10.2 Å². The van der Waals surface area contributed by atoms with Gasteiger partial charge in [-0.3, -0.25) is 9.71 Å². The molecule has 0 amide bonds. The number of nitrogens with zero attached hydrogens (tertiary/aromatic N) is 2. The molecule has 0 aliphatic carbocycles. The van der Waals surface area contributed by atoms with Gasteiger partial charge in [0.25, 0.3) is 10.0 Å². The lowest BCUT2D eigenvalue weighted by Gasteiger charge is -2.07. The first-order valence-electron chi connectivity index (χ1n) is 4.73. The Bertz CT molecular complexity index is 678. The minimum Gasteiger partial charge on any atom is -0.262 e. The number of pyridine rings is 2. The molecule has 94 valence electrons. The number of halogens is 2. The molecule has 0 aliphatic rings. The zero-order valence-electron chi connectivity index (χ0n) is 8.84. The number of aromatic nitrogens is 2. The molecule has 0 unspecified atom stereocenters. The second-order valence-electron chi connectivity index (χ2n) is 3.28. The lowest BCUT2D eigenvalue weighted by Crippen LogP contribution is -2.14. The smallest absolute Gasteiger partial charge is 0.262 e. The molecular formula is C10H7ClFN3O2S. The zero-order chi connectivity index (χ0) is 13.2. The van der Waals surface area contributed by atoms with E-state index in [1.165, 1.54) is 12.3 Å². The van der Waals surface area contributed by atoms with Gasteiger partial charge in [-0.25, -0.2) is 17.8 Å². The molecule has 0 radical (unpaired) electrons. The third kappa shape index (κ3) is 2.74. The van der Waals surface area contributed by atoms with Crippen LogP contribution in [-0.4, -0.2) is 18.4 Å². The van der Waals surface area contributed by atoms with Gasteiger partial charge >= 0.3 is 0 Å². The number of rotatable bonds is 3. The average Bonchev–Trinajstić information content (AvgIpc) is 2.32. The van der Waals surface area contributed by atoms with Gasteiger partial charge in [-0.1, -0.05) is 11.6 Å². The van der Waals surface area contributed by atoms with Crippen molar-refractivity contribution in [2.45, 2.75) is 4.90 Å². The first kappa shape index (κ1) is 12.7. The van der Waals surface area contributed by atoms with Crippen LogP contribution in [0.5, 0.6) is 0 Å². The van der Waals surface area contributed by atoms with Gasteiger partial charge in [0.05, 0.1) is 11.2 Å². The van der Waals surface area contributed by atoms with E-state index < -0.39 is 15.8 Å². The van der Waals surface area contributed by atoms with E-state index in [0.717, 1.165) is 18.5 Å².